The van der Waals surface area contributed by atoms with E-state index in [2.05, 4.69) is 34.5 Å². The van der Waals surface area contributed by atoms with Crippen LogP contribution < -0.4 is 15.0 Å². The van der Waals surface area contributed by atoms with Crippen molar-refractivity contribution in [2.24, 2.45) is 5.92 Å². The number of amides is 1. The summed E-state index contributed by atoms with van der Waals surface area (Å²) in [5.41, 5.74) is 3.38. The zero-order valence-corrected chi connectivity index (χ0v) is 18.3. The van der Waals surface area contributed by atoms with Crippen LogP contribution in [0.2, 0.25) is 0 Å². The standard InChI is InChI=1S/C23H23N3O2S2/c1-28-17-9-7-16(8-10-17)26-22(27)20-18-11-12-25(13-15-5-3-2-4-6-15)14-19(18)30-21(20)24-23(26)29/h2-10,20-21H,11-14H2,1H3,(H,24,29). The van der Waals surface area contributed by atoms with Gasteiger partial charge in [-0.2, -0.15) is 0 Å². The summed E-state index contributed by atoms with van der Waals surface area (Å²) in [6, 6.07) is 18.0. The largest absolute Gasteiger partial charge is 0.497 e. The number of thioether (sulfide) groups is 1. The van der Waals surface area contributed by atoms with E-state index in [0.29, 0.717) is 5.11 Å². The Balaban J connectivity index is 1.36. The molecule has 2 aromatic carbocycles. The molecule has 1 fully saturated rings. The molecule has 0 bridgehead atoms. The van der Waals surface area contributed by atoms with Crippen LogP contribution in [0.1, 0.15) is 12.0 Å². The summed E-state index contributed by atoms with van der Waals surface area (Å²) in [5, 5.41) is 3.89. The van der Waals surface area contributed by atoms with Gasteiger partial charge in [-0.3, -0.25) is 14.6 Å². The first-order valence-corrected chi connectivity index (χ1v) is 11.4. The molecule has 1 amide bonds. The first kappa shape index (κ1) is 19.6. The normalized spacial score (nSPS) is 23.8. The Morgan fingerprint density at radius 3 is 2.67 bits per heavy atom. The molecule has 3 heterocycles. The Labute approximate surface area is 186 Å². The Bertz CT molecular complexity index is 1010. The van der Waals surface area contributed by atoms with E-state index in [9.17, 15) is 4.79 Å². The van der Waals surface area contributed by atoms with E-state index in [0.717, 1.165) is 37.5 Å². The van der Waals surface area contributed by atoms with Crippen molar-refractivity contribution < 1.29 is 9.53 Å². The summed E-state index contributed by atoms with van der Waals surface area (Å²) in [6.07, 6.45) is 0.924. The van der Waals surface area contributed by atoms with E-state index in [1.54, 1.807) is 23.8 Å². The lowest BCUT2D eigenvalue weighted by Crippen LogP contribution is -2.58. The number of ether oxygens (including phenoxy) is 1. The molecule has 0 aliphatic carbocycles. The van der Waals surface area contributed by atoms with Gasteiger partial charge in [0.15, 0.2) is 5.11 Å². The highest BCUT2D eigenvalue weighted by Crippen LogP contribution is 2.47. The van der Waals surface area contributed by atoms with Gasteiger partial charge in [-0.25, -0.2) is 0 Å². The molecule has 0 saturated carbocycles. The van der Waals surface area contributed by atoms with Crippen LogP contribution in [0.5, 0.6) is 5.75 Å². The topological polar surface area (TPSA) is 44.8 Å². The summed E-state index contributed by atoms with van der Waals surface area (Å²) in [5.74, 6) is 0.674. The highest BCUT2D eigenvalue weighted by Gasteiger charge is 2.48. The molecule has 3 aliphatic heterocycles. The zero-order chi connectivity index (χ0) is 20.7. The van der Waals surface area contributed by atoms with Crippen LogP contribution in [0.4, 0.5) is 5.69 Å². The maximum atomic E-state index is 13.5. The van der Waals surface area contributed by atoms with Crippen molar-refractivity contribution in [1.82, 2.24) is 10.2 Å². The predicted molar refractivity (Wildman–Crippen MR) is 124 cm³/mol. The lowest BCUT2D eigenvalue weighted by Gasteiger charge is -2.37. The molecule has 5 rings (SSSR count). The van der Waals surface area contributed by atoms with Gasteiger partial charge in [-0.1, -0.05) is 30.3 Å². The van der Waals surface area contributed by atoms with Crippen LogP contribution >= 0.6 is 24.0 Å². The molecular formula is C23H23N3O2S2. The number of methoxy groups -OCH3 is 1. The predicted octanol–water partition coefficient (Wildman–Crippen LogP) is 3.77. The molecule has 154 valence electrons. The smallest absolute Gasteiger partial charge is 0.243 e. The highest BCUT2D eigenvalue weighted by molar-refractivity contribution is 8.04. The number of thiocarbonyl (C=S) groups is 1. The molecule has 0 radical (unpaired) electrons. The second kappa shape index (κ2) is 8.06. The van der Waals surface area contributed by atoms with Gasteiger partial charge in [-0.05, 0) is 54.0 Å². The fourth-order valence-electron chi connectivity index (χ4n) is 4.42. The molecule has 3 aliphatic rings. The number of nitrogens with one attached hydrogen (secondary N) is 1. The second-order valence-corrected chi connectivity index (χ2v) is 9.36. The highest BCUT2D eigenvalue weighted by atomic mass is 32.2. The monoisotopic (exact) mass is 437 g/mol. The lowest BCUT2D eigenvalue weighted by atomic mass is 9.90. The maximum Gasteiger partial charge on any atom is 0.243 e. The van der Waals surface area contributed by atoms with Crippen LogP contribution in [0.15, 0.2) is 65.1 Å². The van der Waals surface area contributed by atoms with Crippen molar-refractivity contribution in [3.05, 3.63) is 70.6 Å². The van der Waals surface area contributed by atoms with E-state index in [4.69, 9.17) is 17.0 Å². The van der Waals surface area contributed by atoms with Crippen molar-refractivity contribution in [1.29, 1.82) is 0 Å². The Morgan fingerprint density at radius 1 is 1.17 bits per heavy atom. The number of rotatable bonds is 4. The van der Waals surface area contributed by atoms with Gasteiger partial charge in [0.2, 0.25) is 5.91 Å². The van der Waals surface area contributed by atoms with Crippen LogP contribution in [0.3, 0.4) is 0 Å². The van der Waals surface area contributed by atoms with E-state index >= 15 is 0 Å². The fraction of sp³-hybridized carbons (Fsp3) is 0.304. The summed E-state index contributed by atoms with van der Waals surface area (Å²) in [4.78, 5) is 18.9. The molecule has 30 heavy (non-hydrogen) atoms. The third-order valence-electron chi connectivity index (χ3n) is 5.91. The zero-order valence-electron chi connectivity index (χ0n) is 16.7. The number of nitrogens with zero attached hydrogens (tertiary/aromatic N) is 2. The molecule has 1 saturated heterocycles. The first-order chi connectivity index (χ1) is 14.6. The first-order valence-electron chi connectivity index (χ1n) is 10.1. The summed E-state index contributed by atoms with van der Waals surface area (Å²) in [6.45, 7) is 2.80. The molecule has 2 unspecified atom stereocenters. The minimum absolute atomic E-state index is 0.00109. The van der Waals surface area contributed by atoms with Crippen molar-refractivity contribution in [3.63, 3.8) is 0 Å². The maximum absolute atomic E-state index is 13.5. The van der Waals surface area contributed by atoms with Gasteiger partial charge in [-0.15, -0.1) is 11.8 Å². The van der Waals surface area contributed by atoms with Gasteiger partial charge >= 0.3 is 0 Å². The van der Waals surface area contributed by atoms with E-state index in [1.807, 2.05) is 30.3 Å². The number of carbonyl (C=O) groups is 1. The Hall–Kier alpha value is -2.35. The number of fused-ring (bicyclic) bond motifs is 2. The molecular weight excluding hydrogens is 414 g/mol. The van der Waals surface area contributed by atoms with Crippen molar-refractivity contribution in [3.8, 4) is 5.75 Å². The van der Waals surface area contributed by atoms with Gasteiger partial charge < -0.3 is 10.1 Å². The quantitative estimate of drug-likeness (QED) is 0.735. The van der Waals surface area contributed by atoms with Crippen molar-refractivity contribution in [2.45, 2.75) is 18.3 Å². The molecule has 5 nitrogen and oxygen atoms in total. The molecule has 2 atom stereocenters. The Morgan fingerprint density at radius 2 is 1.93 bits per heavy atom. The number of anilines is 1. The number of carbonyl (C=O) groups excluding carboxylic acids is 1. The van der Waals surface area contributed by atoms with Crippen LogP contribution in [0, 0.1) is 5.92 Å². The lowest BCUT2D eigenvalue weighted by molar-refractivity contribution is -0.121. The third kappa shape index (κ3) is 3.51. The van der Waals surface area contributed by atoms with Crippen LogP contribution in [0.25, 0.3) is 0 Å². The summed E-state index contributed by atoms with van der Waals surface area (Å²) < 4.78 is 5.24. The average molecular weight is 438 g/mol. The van der Waals surface area contributed by atoms with Crippen LogP contribution in [-0.2, 0) is 11.3 Å². The van der Waals surface area contributed by atoms with E-state index in [-0.39, 0.29) is 17.2 Å². The fourth-order valence-corrected chi connectivity index (χ4v) is 6.35. The van der Waals surface area contributed by atoms with Gasteiger partial charge in [0.1, 0.15) is 5.75 Å². The van der Waals surface area contributed by atoms with Gasteiger partial charge in [0.05, 0.1) is 24.1 Å². The second-order valence-electron chi connectivity index (χ2n) is 7.73. The van der Waals surface area contributed by atoms with E-state index in [1.165, 1.54) is 16.0 Å². The molecule has 2 aromatic rings. The Kier molecular flexibility index (Phi) is 5.26. The minimum Gasteiger partial charge on any atom is -0.497 e. The number of benzene rings is 2. The number of hydrogen-bond acceptors (Lipinski definition) is 5. The average Bonchev–Trinajstić information content (AvgIpc) is 3.12. The molecule has 0 aromatic heterocycles. The van der Waals surface area contributed by atoms with Crippen molar-refractivity contribution >= 4 is 40.7 Å². The number of hydrogen-bond donors (Lipinski definition) is 1. The summed E-state index contributed by atoms with van der Waals surface area (Å²) >= 11 is 7.34. The summed E-state index contributed by atoms with van der Waals surface area (Å²) in [7, 11) is 1.63. The third-order valence-corrected chi connectivity index (χ3v) is 7.53. The van der Waals surface area contributed by atoms with Crippen molar-refractivity contribution in [2.75, 3.05) is 25.1 Å². The van der Waals surface area contributed by atoms with Gasteiger partial charge in [0.25, 0.3) is 0 Å². The molecule has 0 spiro atoms. The molecule has 7 heteroatoms. The van der Waals surface area contributed by atoms with Crippen LogP contribution in [-0.4, -0.2) is 41.5 Å². The minimum atomic E-state index is -0.155. The SMILES string of the molecule is COc1ccc(N2C(=O)C3C4=C(CN(Cc5ccccc5)CC4)SC3NC2=S)cc1. The van der Waals surface area contributed by atoms with E-state index < -0.39 is 0 Å². The molecule has 1 N–H and O–H groups in total. The van der Waals surface area contributed by atoms with Gasteiger partial charge in [0, 0.05) is 24.5 Å².